The van der Waals surface area contributed by atoms with Crippen molar-refractivity contribution < 1.29 is 5.11 Å². The Morgan fingerprint density at radius 1 is 1.53 bits per heavy atom. The molecule has 0 saturated carbocycles. The van der Waals surface area contributed by atoms with E-state index in [9.17, 15) is 5.11 Å². The molecular weight excluding hydrogens is 190 g/mol. The van der Waals surface area contributed by atoms with Gasteiger partial charge in [-0.2, -0.15) is 0 Å². The molecule has 0 aliphatic rings. The Hall–Kier alpha value is -0.870. The maximum Gasteiger partial charge on any atom is 0.122 e. The summed E-state index contributed by atoms with van der Waals surface area (Å²) in [5.74, 6) is 1.03. The molecule has 0 amide bonds. The monoisotopic (exact) mass is 211 g/mol. The first-order valence-electron chi connectivity index (χ1n) is 5.46. The van der Waals surface area contributed by atoms with Crippen LogP contribution in [0.1, 0.15) is 33.0 Å². The average molecular weight is 211 g/mol. The van der Waals surface area contributed by atoms with E-state index in [-0.39, 0.29) is 0 Å². The average Bonchev–Trinajstić information content (AvgIpc) is 2.51. The molecule has 0 unspecified atom stereocenters. The number of hydrogen-bond acceptors (Lipinski definition) is 3. The van der Waals surface area contributed by atoms with Crippen LogP contribution in [0, 0.1) is 0 Å². The molecule has 4 nitrogen and oxygen atoms in total. The molecule has 0 aliphatic carbocycles. The predicted molar refractivity (Wildman–Crippen MR) is 60.5 cm³/mol. The topological polar surface area (TPSA) is 50.1 Å². The summed E-state index contributed by atoms with van der Waals surface area (Å²) in [5.41, 5.74) is -0.665. The first-order chi connectivity index (χ1) is 7.03. The Labute approximate surface area is 91.3 Å². The van der Waals surface area contributed by atoms with Crippen LogP contribution in [0.15, 0.2) is 12.4 Å². The third-order valence-corrected chi connectivity index (χ3v) is 2.11. The summed E-state index contributed by atoms with van der Waals surface area (Å²) in [6.45, 7) is 8.01. The highest BCUT2D eigenvalue weighted by Gasteiger charge is 2.11. The van der Waals surface area contributed by atoms with Gasteiger partial charge in [0.1, 0.15) is 5.82 Å². The second-order valence-corrected chi connectivity index (χ2v) is 4.45. The van der Waals surface area contributed by atoms with Gasteiger partial charge in [0.2, 0.25) is 0 Å². The number of aromatic nitrogens is 2. The third kappa shape index (κ3) is 4.44. The minimum atomic E-state index is -0.665. The molecular formula is C11H21N3O. The van der Waals surface area contributed by atoms with E-state index in [1.54, 1.807) is 13.8 Å². The fraction of sp³-hybridized carbons (Fsp3) is 0.727. The van der Waals surface area contributed by atoms with Gasteiger partial charge in [-0.15, -0.1) is 0 Å². The zero-order valence-electron chi connectivity index (χ0n) is 9.82. The van der Waals surface area contributed by atoms with Crippen molar-refractivity contribution in [3.8, 4) is 0 Å². The van der Waals surface area contributed by atoms with Gasteiger partial charge in [-0.05, 0) is 20.3 Å². The number of rotatable bonds is 6. The van der Waals surface area contributed by atoms with Crippen LogP contribution in [-0.4, -0.2) is 26.8 Å². The molecule has 1 aromatic rings. The van der Waals surface area contributed by atoms with Gasteiger partial charge in [0.05, 0.1) is 12.1 Å². The Morgan fingerprint density at radius 3 is 2.87 bits per heavy atom. The maximum absolute atomic E-state index is 9.53. The SMILES string of the molecule is CCCn1ccnc1CNCC(C)(C)O. The van der Waals surface area contributed by atoms with Crippen molar-refractivity contribution in [2.75, 3.05) is 6.54 Å². The quantitative estimate of drug-likeness (QED) is 0.742. The van der Waals surface area contributed by atoms with Crippen LogP contribution in [-0.2, 0) is 13.1 Å². The molecule has 0 fully saturated rings. The van der Waals surface area contributed by atoms with Crippen molar-refractivity contribution in [3.63, 3.8) is 0 Å². The summed E-state index contributed by atoms with van der Waals surface area (Å²) in [6.07, 6.45) is 4.91. The van der Waals surface area contributed by atoms with E-state index < -0.39 is 5.60 Å². The molecule has 0 aliphatic heterocycles. The normalized spacial score (nSPS) is 12.0. The Morgan fingerprint density at radius 2 is 2.27 bits per heavy atom. The third-order valence-electron chi connectivity index (χ3n) is 2.11. The number of hydrogen-bond donors (Lipinski definition) is 2. The fourth-order valence-electron chi connectivity index (χ4n) is 1.43. The molecule has 0 atom stereocenters. The second-order valence-electron chi connectivity index (χ2n) is 4.45. The first kappa shape index (κ1) is 12.2. The van der Waals surface area contributed by atoms with Crippen molar-refractivity contribution in [2.45, 2.75) is 45.9 Å². The zero-order chi connectivity index (χ0) is 11.3. The molecule has 1 heterocycles. The summed E-state index contributed by atoms with van der Waals surface area (Å²) < 4.78 is 2.14. The molecule has 1 rings (SSSR count). The molecule has 15 heavy (non-hydrogen) atoms. The molecule has 0 radical (unpaired) electrons. The van der Waals surface area contributed by atoms with Crippen LogP contribution in [0.25, 0.3) is 0 Å². The summed E-state index contributed by atoms with van der Waals surface area (Å²) in [7, 11) is 0. The van der Waals surface area contributed by atoms with Gasteiger partial charge in [0, 0.05) is 25.5 Å². The molecule has 0 spiro atoms. The second kappa shape index (κ2) is 5.28. The van der Waals surface area contributed by atoms with Crippen molar-refractivity contribution in [1.29, 1.82) is 0 Å². The summed E-state index contributed by atoms with van der Waals surface area (Å²) in [5, 5.41) is 12.7. The molecule has 4 heteroatoms. The van der Waals surface area contributed by atoms with E-state index in [2.05, 4.69) is 21.8 Å². The number of nitrogens with one attached hydrogen (secondary N) is 1. The lowest BCUT2D eigenvalue weighted by Crippen LogP contribution is -2.34. The lowest BCUT2D eigenvalue weighted by molar-refractivity contribution is 0.0792. The van der Waals surface area contributed by atoms with E-state index in [1.807, 2.05) is 12.4 Å². The maximum atomic E-state index is 9.53. The molecule has 0 aromatic carbocycles. The Kier molecular flexibility index (Phi) is 4.29. The van der Waals surface area contributed by atoms with Gasteiger partial charge >= 0.3 is 0 Å². The highest BCUT2D eigenvalue weighted by molar-refractivity contribution is 4.92. The minimum Gasteiger partial charge on any atom is -0.389 e. The van der Waals surface area contributed by atoms with Crippen LogP contribution in [0.3, 0.4) is 0 Å². The highest BCUT2D eigenvalue weighted by Crippen LogP contribution is 2.01. The van der Waals surface area contributed by atoms with Gasteiger partial charge in [-0.1, -0.05) is 6.92 Å². The largest absolute Gasteiger partial charge is 0.389 e. The van der Waals surface area contributed by atoms with E-state index in [1.165, 1.54) is 0 Å². The Bertz CT molecular complexity index is 288. The minimum absolute atomic E-state index is 0.575. The van der Waals surface area contributed by atoms with Crippen molar-refractivity contribution >= 4 is 0 Å². The standard InChI is InChI=1S/C11H21N3O/c1-4-6-14-7-5-13-10(14)8-12-9-11(2,3)15/h5,7,12,15H,4,6,8-9H2,1-3H3. The van der Waals surface area contributed by atoms with Gasteiger partial charge in [0.25, 0.3) is 0 Å². The van der Waals surface area contributed by atoms with Crippen molar-refractivity contribution in [1.82, 2.24) is 14.9 Å². The van der Waals surface area contributed by atoms with Gasteiger partial charge in [0.15, 0.2) is 0 Å². The predicted octanol–water partition coefficient (Wildman–Crippen LogP) is 1.15. The lowest BCUT2D eigenvalue weighted by Gasteiger charge is -2.17. The van der Waals surface area contributed by atoms with E-state index in [0.717, 1.165) is 18.8 Å². The van der Waals surface area contributed by atoms with Gasteiger partial charge < -0.3 is 15.0 Å². The van der Waals surface area contributed by atoms with E-state index in [4.69, 9.17) is 0 Å². The summed E-state index contributed by atoms with van der Waals surface area (Å²) in [6, 6.07) is 0. The van der Waals surface area contributed by atoms with Crippen LogP contribution in [0.4, 0.5) is 0 Å². The van der Waals surface area contributed by atoms with Crippen molar-refractivity contribution in [2.24, 2.45) is 0 Å². The Balaban J connectivity index is 2.40. The van der Waals surface area contributed by atoms with E-state index in [0.29, 0.717) is 13.1 Å². The number of nitrogens with zero attached hydrogens (tertiary/aromatic N) is 2. The van der Waals surface area contributed by atoms with Gasteiger partial charge in [-0.25, -0.2) is 4.98 Å². The lowest BCUT2D eigenvalue weighted by atomic mass is 10.1. The van der Waals surface area contributed by atoms with Crippen LogP contribution in [0.5, 0.6) is 0 Å². The number of imidazole rings is 1. The van der Waals surface area contributed by atoms with Crippen LogP contribution < -0.4 is 5.32 Å². The highest BCUT2D eigenvalue weighted by atomic mass is 16.3. The molecule has 1 aromatic heterocycles. The van der Waals surface area contributed by atoms with Crippen LogP contribution in [0.2, 0.25) is 0 Å². The molecule has 0 saturated heterocycles. The number of aryl methyl sites for hydroxylation is 1. The molecule has 2 N–H and O–H groups in total. The first-order valence-corrected chi connectivity index (χ1v) is 5.46. The van der Waals surface area contributed by atoms with Crippen LogP contribution >= 0.6 is 0 Å². The summed E-state index contributed by atoms with van der Waals surface area (Å²) in [4.78, 5) is 4.27. The number of aliphatic hydroxyl groups is 1. The summed E-state index contributed by atoms with van der Waals surface area (Å²) >= 11 is 0. The smallest absolute Gasteiger partial charge is 0.122 e. The molecule has 86 valence electrons. The van der Waals surface area contributed by atoms with Crippen molar-refractivity contribution in [3.05, 3.63) is 18.2 Å². The molecule has 0 bridgehead atoms. The van der Waals surface area contributed by atoms with Gasteiger partial charge in [-0.3, -0.25) is 0 Å². The zero-order valence-corrected chi connectivity index (χ0v) is 9.82. The fourth-order valence-corrected chi connectivity index (χ4v) is 1.43. The van der Waals surface area contributed by atoms with E-state index >= 15 is 0 Å².